The monoisotopic (exact) mass is 256 g/mol. The number of hydrogen-bond acceptors (Lipinski definition) is 2. The van der Waals surface area contributed by atoms with Crippen LogP contribution >= 0.6 is 12.4 Å². The molecule has 96 valence electrons. The molecule has 0 spiro atoms. The van der Waals surface area contributed by atoms with Crippen LogP contribution in [0.15, 0.2) is 0 Å². The molecule has 3 nitrogen and oxygen atoms in total. The van der Waals surface area contributed by atoms with E-state index in [1.165, 1.54) is 19.3 Å². The van der Waals surface area contributed by atoms with Crippen molar-refractivity contribution < 1.29 is 4.79 Å². The molecule has 0 aromatic carbocycles. The van der Waals surface area contributed by atoms with E-state index in [1.807, 2.05) is 0 Å². The Morgan fingerprint density at radius 2 is 1.82 bits per heavy atom. The summed E-state index contributed by atoms with van der Waals surface area (Å²) in [7, 11) is 0. The third-order valence-corrected chi connectivity index (χ3v) is 5.44. The molecule has 5 unspecified atom stereocenters. The summed E-state index contributed by atoms with van der Waals surface area (Å²) in [6.45, 7) is 2.04. The lowest BCUT2D eigenvalue weighted by Crippen LogP contribution is -2.38. The average Bonchev–Trinajstić information content (AvgIpc) is 2.73. The SMILES string of the molecule is Cl.O=C(NC1CCNC1)C1C2C3CCC(C3)C12. The number of rotatable bonds is 2. The summed E-state index contributed by atoms with van der Waals surface area (Å²) in [5.74, 6) is 4.17. The number of carbonyl (C=O) groups excluding carboxylic acids is 1. The predicted molar refractivity (Wildman–Crippen MR) is 68.0 cm³/mol. The Kier molecular flexibility index (Phi) is 2.86. The molecule has 0 aromatic rings. The Balaban J connectivity index is 0.000000902. The van der Waals surface area contributed by atoms with Crippen molar-refractivity contribution in [3.63, 3.8) is 0 Å². The quantitative estimate of drug-likeness (QED) is 0.779. The maximum absolute atomic E-state index is 12.2. The zero-order chi connectivity index (χ0) is 10.7. The number of hydrogen-bond donors (Lipinski definition) is 2. The van der Waals surface area contributed by atoms with Crippen LogP contribution in [0.5, 0.6) is 0 Å². The van der Waals surface area contributed by atoms with Crippen LogP contribution in [0.25, 0.3) is 0 Å². The highest BCUT2D eigenvalue weighted by Crippen LogP contribution is 2.69. The number of fused-ring (bicyclic) bond motifs is 5. The van der Waals surface area contributed by atoms with Crippen molar-refractivity contribution in [3.8, 4) is 0 Å². The first-order valence-electron chi connectivity index (χ1n) is 6.85. The van der Waals surface area contributed by atoms with Crippen molar-refractivity contribution in [2.75, 3.05) is 13.1 Å². The molecule has 4 heteroatoms. The van der Waals surface area contributed by atoms with Gasteiger partial charge in [0.2, 0.25) is 5.91 Å². The fourth-order valence-corrected chi connectivity index (χ4v) is 4.75. The number of nitrogens with one attached hydrogen (secondary N) is 2. The van der Waals surface area contributed by atoms with Gasteiger partial charge < -0.3 is 10.6 Å². The van der Waals surface area contributed by atoms with E-state index in [2.05, 4.69) is 10.6 Å². The summed E-state index contributed by atoms with van der Waals surface area (Å²) in [4.78, 5) is 12.2. The van der Waals surface area contributed by atoms with Gasteiger partial charge in [0.15, 0.2) is 0 Å². The van der Waals surface area contributed by atoms with Crippen molar-refractivity contribution in [2.24, 2.45) is 29.6 Å². The predicted octanol–water partition coefficient (Wildman–Crippen LogP) is 1.18. The van der Waals surface area contributed by atoms with Crippen LogP contribution < -0.4 is 10.6 Å². The van der Waals surface area contributed by atoms with Gasteiger partial charge in [-0.3, -0.25) is 4.79 Å². The summed E-state index contributed by atoms with van der Waals surface area (Å²) in [5.41, 5.74) is 0. The molecule has 1 amide bonds. The molecular formula is C13H21ClN2O. The van der Waals surface area contributed by atoms with E-state index in [-0.39, 0.29) is 12.4 Å². The van der Waals surface area contributed by atoms with E-state index < -0.39 is 0 Å². The maximum Gasteiger partial charge on any atom is 0.223 e. The third-order valence-electron chi connectivity index (χ3n) is 5.44. The van der Waals surface area contributed by atoms with Gasteiger partial charge in [-0.1, -0.05) is 0 Å². The van der Waals surface area contributed by atoms with E-state index in [0.717, 1.165) is 43.2 Å². The minimum Gasteiger partial charge on any atom is -0.352 e. The highest BCUT2D eigenvalue weighted by molar-refractivity contribution is 5.85. The summed E-state index contributed by atoms with van der Waals surface area (Å²) in [6, 6.07) is 0.409. The molecular weight excluding hydrogens is 236 g/mol. The normalized spacial score (nSPS) is 49.6. The van der Waals surface area contributed by atoms with Crippen LogP contribution in [0.2, 0.25) is 0 Å². The molecule has 0 radical (unpaired) electrons. The largest absolute Gasteiger partial charge is 0.352 e. The van der Waals surface area contributed by atoms with Gasteiger partial charge in [0.25, 0.3) is 0 Å². The van der Waals surface area contributed by atoms with Crippen molar-refractivity contribution in [3.05, 3.63) is 0 Å². The zero-order valence-electron chi connectivity index (χ0n) is 10.0. The Morgan fingerprint density at radius 3 is 2.41 bits per heavy atom. The topological polar surface area (TPSA) is 41.1 Å². The second-order valence-corrected chi connectivity index (χ2v) is 6.21. The first-order valence-corrected chi connectivity index (χ1v) is 6.85. The lowest BCUT2D eigenvalue weighted by atomic mass is 10.0. The minimum absolute atomic E-state index is 0. The molecule has 5 atom stereocenters. The molecule has 17 heavy (non-hydrogen) atoms. The van der Waals surface area contributed by atoms with Crippen molar-refractivity contribution in [2.45, 2.75) is 31.7 Å². The zero-order valence-corrected chi connectivity index (χ0v) is 10.8. The molecule has 3 saturated carbocycles. The Hall–Kier alpha value is -0.280. The summed E-state index contributed by atoms with van der Waals surface area (Å²) < 4.78 is 0. The number of carbonyl (C=O) groups is 1. The van der Waals surface area contributed by atoms with Crippen LogP contribution in [-0.4, -0.2) is 25.0 Å². The van der Waals surface area contributed by atoms with Gasteiger partial charge in [-0.2, -0.15) is 0 Å². The third kappa shape index (κ3) is 1.70. The van der Waals surface area contributed by atoms with Gasteiger partial charge in [-0.25, -0.2) is 0 Å². The molecule has 1 aliphatic heterocycles. The van der Waals surface area contributed by atoms with Gasteiger partial charge in [-0.15, -0.1) is 12.4 Å². The molecule has 0 aromatic heterocycles. The fourth-order valence-electron chi connectivity index (χ4n) is 4.75. The average molecular weight is 257 g/mol. The first kappa shape index (κ1) is 11.8. The van der Waals surface area contributed by atoms with Crippen LogP contribution in [0.1, 0.15) is 25.7 Å². The van der Waals surface area contributed by atoms with E-state index in [1.54, 1.807) is 0 Å². The summed E-state index contributed by atoms with van der Waals surface area (Å²) in [5, 5.41) is 6.54. The lowest BCUT2D eigenvalue weighted by molar-refractivity contribution is -0.123. The first-order chi connectivity index (χ1) is 7.84. The molecule has 4 fully saturated rings. The van der Waals surface area contributed by atoms with Gasteiger partial charge in [0, 0.05) is 18.5 Å². The molecule has 4 aliphatic rings. The second kappa shape index (κ2) is 4.13. The Bertz CT molecular complexity index is 313. The molecule has 1 saturated heterocycles. The van der Waals surface area contributed by atoms with E-state index in [4.69, 9.17) is 0 Å². The van der Waals surface area contributed by atoms with Crippen LogP contribution in [0.3, 0.4) is 0 Å². The molecule has 2 N–H and O–H groups in total. The van der Waals surface area contributed by atoms with Gasteiger partial charge >= 0.3 is 0 Å². The van der Waals surface area contributed by atoms with Crippen molar-refractivity contribution >= 4 is 18.3 Å². The highest BCUT2D eigenvalue weighted by atomic mass is 35.5. The molecule has 1 heterocycles. The fraction of sp³-hybridized carbons (Fsp3) is 0.923. The van der Waals surface area contributed by atoms with Gasteiger partial charge in [0.1, 0.15) is 0 Å². The van der Waals surface area contributed by atoms with E-state index in [9.17, 15) is 4.79 Å². The maximum atomic E-state index is 12.2. The minimum atomic E-state index is 0. The van der Waals surface area contributed by atoms with E-state index >= 15 is 0 Å². The van der Waals surface area contributed by atoms with Gasteiger partial charge in [0.05, 0.1) is 0 Å². The highest BCUT2D eigenvalue weighted by Gasteiger charge is 2.67. The summed E-state index contributed by atoms with van der Waals surface area (Å²) >= 11 is 0. The van der Waals surface area contributed by atoms with Crippen LogP contribution in [0, 0.1) is 29.6 Å². The lowest BCUT2D eigenvalue weighted by Gasteiger charge is -2.13. The van der Waals surface area contributed by atoms with Crippen molar-refractivity contribution in [1.29, 1.82) is 0 Å². The summed E-state index contributed by atoms with van der Waals surface area (Å²) in [6.07, 6.45) is 5.35. The van der Waals surface area contributed by atoms with Crippen molar-refractivity contribution in [1.82, 2.24) is 10.6 Å². The standard InChI is InChI=1S/C13H20N2O.ClH/c16-13(15-9-3-4-14-6-9)12-10-7-1-2-8(5-7)11(10)12;/h7-12,14H,1-6H2,(H,15,16);1H. The smallest absolute Gasteiger partial charge is 0.223 e. The Labute approximate surface area is 109 Å². The Morgan fingerprint density at radius 1 is 1.12 bits per heavy atom. The van der Waals surface area contributed by atoms with Crippen LogP contribution in [0.4, 0.5) is 0 Å². The molecule has 3 aliphatic carbocycles. The second-order valence-electron chi connectivity index (χ2n) is 6.21. The molecule has 2 bridgehead atoms. The number of amides is 1. The van der Waals surface area contributed by atoms with Crippen LogP contribution in [-0.2, 0) is 4.79 Å². The molecule has 4 rings (SSSR count). The van der Waals surface area contributed by atoms with Gasteiger partial charge in [-0.05, 0) is 55.9 Å². The number of halogens is 1. The van der Waals surface area contributed by atoms with E-state index in [0.29, 0.717) is 17.9 Å².